The van der Waals surface area contributed by atoms with E-state index in [1.165, 1.54) is 0 Å². The molecule has 3 heteroatoms. The molecule has 62 valence electrons. The Labute approximate surface area is 67.0 Å². The molecule has 0 aliphatic rings. The molecule has 1 atom stereocenters. The lowest BCUT2D eigenvalue weighted by Gasteiger charge is -2.10. The molecule has 0 amide bonds. The summed E-state index contributed by atoms with van der Waals surface area (Å²) >= 11 is 0. The molecule has 0 unspecified atom stereocenters. The monoisotopic (exact) mass is 153 g/mol. The maximum absolute atomic E-state index is 5.85. The lowest BCUT2D eigenvalue weighted by Crippen LogP contribution is -2.17. The van der Waals surface area contributed by atoms with Gasteiger partial charge in [0.2, 0.25) is 0 Å². The number of hydrogen-bond donors (Lipinski definition) is 2. The van der Waals surface area contributed by atoms with Crippen molar-refractivity contribution in [2.45, 2.75) is 12.5 Å². The van der Waals surface area contributed by atoms with Crippen molar-refractivity contribution in [1.82, 2.24) is 4.57 Å². The molecule has 3 nitrogen and oxygen atoms in total. The van der Waals surface area contributed by atoms with Gasteiger partial charge in [-0.25, -0.2) is 0 Å². The van der Waals surface area contributed by atoms with E-state index < -0.39 is 0 Å². The molecular weight excluding hydrogens is 138 g/mol. The summed E-state index contributed by atoms with van der Waals surface area (Å²) in [5.74, 6) is 0. The van der Waals surface area contributed by atoms with E-state index in [1.807, 2.05) is 29.9 Å². The predicted octanol–water partition coefficient (Wildman–Crippen LogP) is 0.374. The molecule has 0 saturated carbocycles. The molecule has 0 radical (unpaired) electrons. The molecule has 0 aliphatic carbocycles. The average Bonchev–Trinajstić information content (AvgIpc) is 2.36. The Balaban J connectivity index is 2.67. The minimum Gasteiger partial charge on any atom is -0.353 e. The fraction of sp³-hybridized carbons (Fsp3) is 0.500. The van der Waals surface area contributed by atoms with E-state index in [1.54, 1.807) is 0 Å². The number of hydrogen-bond acceptors (Lipinski definition) is 2. The van der Waals surface area contributed by atoms with Crippen LogP contribution in [0, 0.1) is 0 Å². The van der Waals surface area contributed by atoms with Crippen molar-refractivity contribution in [3.8, 4) is 0 Å². The van der Waals surface area contributed by atoms with Crippen LogP contribution in [0.5, 0.6) is 0 Å². The minimum absolute atomic E-state index is 0.0833. The first-order valence-electron chi connectivity index (χ1n) is 3.82. The van der Waals surface area contributed by atoms with E-state index >= 15 is 0 Å². The molecule has 0 bridgehead atoms. The van der Waals surface area contributed by atoms with Crippen LogP contribution in [0.4, 0.5) is 0 Å². The maximum atomic E-state index is 5.85. The fourth-order valence-electron chi connectivity index (χ4n) is 1.19. The van der Waals surface area contributed by atoms with E-state index in [9.17, 15) is 0 Å². The highest BCUT2D eigenvalue weighted by Gasteiger charge is 2.06. The Bertz CT molecular complexity index is 217. The number of nitrogens with two attached hydrogens (primary N) is 2. The standard InChI is InChI=1S/C8H15N3/c1-11-6-2-3-8(11)7(10)4-5-9/h2-3,6-7H,4-5,9-10H2,1H3/t7-/m1/s1. The molecule has 0 saturated heterocycles. The van der Waals surface area contributed by atoms with E-state index in [2.05, 4.69) is 0 Å². The second-order valence-corrected chi connectivity index (χ2v) is 2.73. The quantitative estimate of drug-likeness (QED) is 0.659. The van der Waals surface area contributed by atoms with E-state index in [4.69, 9.17) is 11.5 Å². The zero-order chi connectivity index (χ0) is 8.27. The molecule has 4 N–H and O–H groups in total. The largest absolute Gasteiger partial charge is 0.353 e. The van der Waals surface area contributed by atoms with Gasteiger partial charge in [0.1, 0.15) is 0 Å². The first-order chi connectivity index (χ1) is 5.25. The summed E-state index contributed by atoms with van der Waals surface area (Å²) in [4.78, 5) is 0. The highest BCUT2D eigenvalue weighted by Crippen LogP contribution is 2.12. The summed E-state index contributed by atoms with van der Waals surface area (Å²) in [5.41, 5.74) is 12.4. The molecule has 0 aliphatic heterocycles. The fourth-order valence-corrected chi connectivity index (χ4v) is 1.19. The lowest BCUT2D eigenvalue weighted by molar-refractivity contribution is 0.615. The molecular formula is C8H15N3. The highest BCUT2D eigenvalue weighted by atomic mass is 14.9. The summed E-state index contributed by atoms with van der Waals surface area (Å²) in [6, 6.07) is 4.10. The third kappa shape index (κ3) is 1.82. The summed E-state index contributed by atoms with van der Waals surface area (Å²) in [6.45, 7) is 0.645. The molecule has 1 aromatic rings. The first-order valence-corrected chi connectivity index (χ1v) is 3.82. The van der Waals surface area contributed by atoms with Crippen LogP contribution in [0.2, 0.25) is 0 Å². The van der Waals surface area contributed by atoms with Crippen molar-refractivity contribution in [2.75, 3.05) is 6.54 Å². The van der Waals surface area contributed by atoms with Gasteiger partial charge in [0, 0.05) is 25.0 Å². The van der Waals surface area contributed by atoms with Crippen molar-refractivity contribution in [3.63, 3.8) is 0 Å². The van der Waals surface area contributed by atoms with Gasteiger partial charge in [-0.05, 0) is 25.1 Å². The van der Waals surface area contributed by atoms with Gasteiger partial charge >= 0.3 is 0 Å². The molecule has 0 fully saturated rings. The van der Waals surface area contributed by atoms with Gasteiger partial charge in [-0.15, -0.1) is 0 Å². The predicted molar refractivity (Wildman–Crippen MR) is 46.0 cm³/mol. The summed E-state index contributed by atoms with van der Waals surface area (Å²) in [6.07, 6.45) is 2.84. The van der Waals surface area contributed by atoms with Crippen LogP contribution in [0.25, 0.3) is 0 Å². The normalized spacial score (nSPS) is 13.4. The summed E-state index contributed by atoms with van der Waals surface area (Å²) < 4.78 is 2.03. The van der Waals surface area contributed by atoms with Crippen molar-refractivity contribution in [3.05, 3.63) is 24.0 Å². The van der Waals surface area contributed by atoms with Gasteiger partial charge in [0.15, 0.2) is 0 Å². The third-order valence-electron chi connectivity index (χ3n) is 1.84. The van der Waals surface area contributed by atoms with Crippen LogP contribution in [0.1, 0.15) is 18.2 Å². The van der Waals surface area contributed by atoms with Crippen LogP contribution < -0.4 is 11.5 Å². The van der Waals surface area contributed by atoms with Crippen LogP contribution >= 0.6 is 0 Å². The smallest absolute Gasteiger partial charge is 0.0461 e. The van der Waals surface area contributed by atoms with Gasteiger partial charge in [0.05, 0.1) is 0 Å². The van der Waals surface area contributed by atoms with E-state index in [-0.39, 0.29) is 6.04 Å². The molecule has 11 heavy (non-hydrogen) atoms. The van der Waals surface area contributed by atoms with Gasteiger partial charge in [0.25, 0.3) is 0 Å². The van der Waals surface area contributed by atoms with Crippen molar-refractivity contribution in [1.29, 1.82) is 0 Å². The molecule has 1 rings (SSSR count). The van der Waals surface area contributed by atoms with Gasteiger partial charge < -0.3 is 16.0 Å². The number of nitrogens with zero attached hydrogens (tertiary/aromatic N) is 1. The SMILES string of the molecule is Cn1cccc1[C@H](N)CCN. The average molecular weight is 153 g/mol. The van der Waals surface area contributed by atoms with Gasteiger partial charge in [-0.1, -0.05) is 0 Å². The number of aromatic nitrogens is 1. The number of aryl methyl sites for hydroxylation is 1. The Morgan fingerprint density at radius 1 is 1.64 bits per heavy atom. The summed E-state index contributed by atoms with van der Waals surface area (Å²) in [7, 11) is 1.99. The number of rotatable bonds is 3. The van der Waals surface area contributed by atoms with Gasteiger partial charge in [-0.3, -0.25) is 0 Å². The highest BCUT2D eigenvalue weighted by molar-refractivity contribution is 5.10. The van der Waals surface area contributed by atoms with Crippen molar-refractivity contribution in [2.24, 2.45) is 18.5 Å². The zero-order valence-electron chi connectivity index (χ0n) is 6.83. The Morgan fingerprint density at radius 2 is 2.36 bits per heavy atom. The Morgan fingerprint density at radius 3 is 2.82 bits per heavy atom. The molecule has 0 spiro atoms. The molecule has 0 aromatic carbocycles. The topological polar surface area (TPSA) is 57.0 Å². The van der Waals surface area contributed by atoms with E-state index in [0.717, 1.165) is 12.1 Å². The minimum atomic E-state index is 0.0833. The molecule has 1 heterocycles. The second kappa shape index (κ2) is 3.55. The van der Waals surface area contributed by atoms with Crippen molar-refractivity contribution < 1.29 is 0 Å². The van der Waals surface area contributed by atoms with Crippen LogP contribution in [-0.4, -0.2) is 11.1 Å². The van der Waals surface area contributed by atoms with Crippen LogP contribution in [-0.2, 0) is 7.05 Å². The van der Waals surface area contributed by atoms with Crippen molar-refractivity contribution >= 4 is 0 Å². The molecule has 1 aromatic heterocycles. The first kappa shape index (κ1) is 8.30. The Hall–Kier alpha value is -0.800. The van der Waals surface area contributed by atoms with Crippen LogP contribution in [0.15, 0.2) is 18.3 Å². The van der Waals surface area contributed by atoms with Gasteiger partial charge in [-0.2, -0.15) is 0 Å². The maximum Gasteiger partial charge on any atom is 0.0461 e. The lowest BCUT2D eigenvalue weighted by atomic mass is 10.1. The Kier molecular flexibility index (Phi) is 2.68. The second-order valence-electron chi connectivity index (χ2n) is 2.73. The summed E-state index contributed by atoms with van der Waals surface area (Å²) in [5, 5.41) is 0. The third-order valence-corrected chi connectivity index (χ3v) is 1.84. The zero-order valence-corrected chi connectivity index (χ0v) is 6.83. The van der Waals surface area contributed by atoms with Crippen LogP contribution in [0.3, 0.4) is 0 Å². The van der Waals surface area contributed by atoms with E-state index in [0.29, 0.717) is 6.54 Å².